The Bertz CT molecular complexity index is 440. The summed E-state index contributed by atoms with van der Waals surface area (Å²) in [7, 11) is -3.39. The SMILES string of the molecule is CC1(C)[C@@H](C(=O)O)CC[C@@]1(C)CCCOS(C)(=O)=O. The molecule has 1 aliphatic carbocycles. The van der Waals surface area contributed by atoms with Gasteiger partial charge in [-0.15, -0.1) is 0 Å². The summed E-state index contributed by atoms with van der Waals surface area (Å²) in [6.45, 7) is 6.26. The second-order valence-corrected chi connectivity index (χ2v) is 7.99. The van der Waals surface area contributed by atoms with Crippen molar-refractivity contribution < 1.29 is 22.5 Å². The van der Waals surface area contributed by atoms with Crippen LogP contribution >= 0.6 is 0 Å². The average Bonchev–Trinajstić information content (AvgIpc) is 2.44. The van der Waals surface area contributed by atoms with E-state index in [-0.39, 0.29) is 23.4 Å². The highest BCUT2D eigenvalue weighted by Gasteiger charge is 2.53. The van der Waals surface area contributed by atoms with Crippen LogP contribution in [0, 0.1) is 16.7 Å². The largest absolute Gasteiger partial charge is 0.481 e. The molecule has 5 nitrogen and oxygen atoms in total. The second kappa shape index (κ2) is 5.40. The number of carbonyl (C=O) groups is 1. The lowest BCUT2D eigenvalue weighted by atomic mass is 9.64. The summed E-state index contributed by atoms with van der Waals surface area (Å²) in [6.07, 6.45) is 3.98. The van der Waals surface area contributed by atoms with E-state index >= 15 is 0 Å². The number of rotatable bonds is 6. The van der Waals surface area contributed by atoms with E-state index in [0.717, 1.165) is 19.1 Å². The molecular weight excluding hydrogens is 268 g/mol. The minimum absolute atomic E-state index is 0.0864. The van der Waals surface area contributed by atoms with Gasteiger partial charge in [0.2, 0.25) is 0 Å². The van der Waals surface area contributed by atoms with Gasteiger partial charge in [-0.2, -0.15) is 8.42 Å². The van der Waals surface area contributed by atoms with Gasteiger partial charge in [0, 0.05) is 0 Å². The van der Waals surface area contributed by atoms with Gasteiger partial charge in [-0.25, -0.2) is 0 Å². The Balaban J connectivity index is 2.60. The van der Waals surface area contributed by atoms with Crippen LogP contribution in [0.15, 0.2) is 0 Å². The molecule has 19 heavy (non-hydrogen) atoms. The third kappa shape index (κ3) is 3.69. The average molecular weight is 292 g/mol. The third-order valence-corrected chi connectivity index (χ3v) is 5.47. The minimum Gasteiger partial charge on any atom is -0.481 e. The molecule has 0 heterocycles. The van der Waals surface area contributed by atoms with Gasteiger partial charge in [0.05, 0.1) is 18.8 Å². The fraction of sp³-hybridized carbons (Fsp3) is 0.923. The molecule has 0 spiro atoms. The highest BCUT2D eigenvalue weighted by molar-refractivity contribution is 7.85. The van der Waals surface area contributed by atoms with Crippen molar-refractivity contribution in [3.8, 4) is 0 Å². The Morgan fingerprint density at radius 2 is 1.95 bits per heavy atom. The summed E-state index contributed by atoms with van der Waals surface area (Å²) < 4.78 is 26.5. The van der Waals surface area contributed by atoms with E-state index in [1.807, 2.05) is 13.8 Å². The van der Waals surface area contributed by atoms with Gasteiger partial charge in [0.1, 0.15) is 0 Å². The Morgan fingerprint density at radius 1 is 1.37 bits per heavy atom. The molecular formula is C13H24O5S. The van der Waals surface area contributed by atoms with E-state index in [9.17, 15) is 18.3 Å². The van der Waals surface area contributed by atoms with E-state index in [1.54, 1.807) is 0 Å². The van der Waals surface area contributed by atoms with Crippen molar-refractivity contribution in [1.82, 2.24) is 0 Å². The van der Waals surface area contributed by atoms with Crippen LogP contribution in [0.25, 0.3) is 0 Å². The fourth-order valence-corrected chi connectivity index (χ4v) is 3.54. The van der Waals surface area contributed by atoms with Gasteiger partial charge < -0.3 is 5.11 Å². The van der Waals surface area contributed by atoms with Gasteiger partial charge in [-0.1, -0.05) is 20.8 Å². The first-order valence-electron chi connectivity index (χ1n) is 6.57. The van der Waals surface area contributed by atoms with Crippen molar-refractivity contribution in [3.63, 3.8) is 0 Å². The molecule has 112 valence electrons. The first-order chi connectivity index (χ1) is 8.50. The highest BCUT2D eigenvalue weighted by Crippen LogP contribution is 2.58. The topological polar surface area (TPSA) is 80.7 Å². The third-order valence-electron chi connectivity index (χ3n) is 4.88. The normalized spacial score (nSPS) is 30.4. The van der Waals surface area contributed by atoms with Crippen molar-refractivity contribution in [1.29, 1.82) is 0 Å². The zero-order chi connectivity index (χ0) is 14.9. The molecule has 0 saturated heterocycles. The Labute approximate surface area is 115 Å². The van der Waals surface area contributed by atoms with Gasteiger partial charge in [-0.05, 0) is 36.5 Å². The van der Waals surface area contributed by atoms with Crippen LogP contribution in [0.3, 0.4) is 0 Å². The van der Waals surface area contributed by atoms with E-state index in [4.69, 9.17) is 4.18 Å². The van der Waals surface area contributed by atoms with Crippen LogP contribution in [0.5, 0.6) is 0 Å². The van der Waals surface area contributed by atoms with Gasteiger partial charge in [0.25, 0.3) is 10.1 Å². The predicted octanol–water partition coefficient (Wildman–Crippen LogP) is 2.27. The molecule has 0 unspecified atom stereocenters. The molecule has 1 saturated carbocycles. The standard InChI is InChI=1S/C13H24O5S/c1-12(2)10(11(14)15)6-8-13(12,3)7-5-9-18-19(4,16)17/h10H,5-9H2,1-4H3,(H,14,15)/t10-,13-/m1/s1. The molecule has 0 aromatic rings. The van der Waals surface area contributed by atoms with Crippen LogP contribution in [0.1, 0.15) is 46.5 Å². The summed E-state index contributed by atoms with van der Waals surface area (Å²) in [5, 5.41) is 9.26. The molecule has 6 heteroatoms. The molecule has 1 fully saturated rings. The Kier molecular flexibility index (Phi) is 4.67. The van der Waals surface area contributed by atoms with E-state index in [0.29, 0.717) is 12.8 Å². The van der Waals surface area contributed by atoms with Crippen LogP contribution < -0.4 is 0 Å². The fourth-order valence-electron chi connectivity index (χ4n) is 3.12. The van der Waals surface area contributed by atoms with Crippen LogP contribution in [-0.2, 0) is 19.1 Å². The molecule has 0 aliphatic heterocycles. The molecule has 0 radical (unpaired) electrons. The van der Waals surface area contributed by atoms with Crippen molar-refractivity contribution in [2.45, 2.75) is 46.5 Å². The molecule has 1 aliphatic rings. The van der Waals surface area contributed by atoms with E-state index in [1.165, 1.54) is 0 Å². The maximum atomic E-state index is 11.3. The van der Waals surface area contributed by atoms with Crippen LogP contribution in [0.4, 0.5) is 0 Å². The first kappa shape index (κ1) is 16.4. The lowest BCUT2D eigenvalue weighted by molar-refractivity contribution is -0.146. The maximum absolute atomic E-state index is 11.3. The summed E-state index contributed by atoms with van der Waals surface area (Å²) in [4.78, 5) is 11.3. The molecule has 0 aromatic carbocycles. The molecule has 1 rings (SSSR count). The maximum Gasteiger partial charge on any atom is 0.307 e. The number of hydrogen-bond donors (Lipinski definition) is 1. The number of carboxylic acids is 1. The van der Waals surface area contributed by atoms with Crippen molar-refractivity contribution in [2.24, 2.45) is 16.7 Å². The van der Waals surface area contributed by atoms with Crippen LogP contribution in [-0.4, -0.2) is 32.4 Å². The quantitative estimate of drug-likeness (QED) is 0.600. The predicted molar refractivity (Wildman–Crippen MR) is 72.3 cm³/mol. The van der Waals surface area contributed by atoms with Crippen molar-refractivity contribution in [3.05, 3.63) is 0 Å². The Morgan fingerprint density at radius 3 is 2.37 bits per heavy atom. The number of carboxylic acid groups (broad SMARTS) is 1. The lowest BCUT2D eigenvalue weighted by Gasteiger charge is -2.40. The van der Waals surface area contributed by atoms with E-state index in [2.05, 4.69) is 6.92 Å². The first-order valence-corrected chi connectivity index (χ1v) is 8.38. The van der Waals surface area contributed by atoms with Crippen molar-refractivity contribution >= 4 is 16.1 Å². The minimum atomic E-state index is -3.39. The molecule has 2 atom stereocenters. The summed E-state index contributed by atoms with van der Waals surface area (Å²) in [5.74, 6) is -1.06. The highest BCUT2D eigenvalue weighted by atomic mass is 32.2. The molecule has 0 bridgehead atoms. The van der Waals surface area contributed by atoms with Gasteiger partial charge in [0.15, 0.2) is 0 Å². The Hall–Kier alpha value is -0.620. The molecule has 0 aromatic heterocycles. The molecule has 1 N–H and O–H groups in total. The monoisotopic (exact) mass is 292 g/mol. The van der Waals surface area contributed by atoms with Crippen LogP contribution in [0.2, 0.25) is 0 Å². The summed E-state index contributed by atoms with van der Waals surface area (Å²) in [6, 6.07) is 0. The molecule has 0 amide bonds. The number of aliphatic carboxylic acids is 1. The summed E-state index contributed by atoms with van der Waals surface area (Å²) >= 11 is 0. The van der Waals surface area contributed by atoms with Gasteiger partial charge in [-0.3, -0.25) is 8.98 Å². The number of hydrogen-bond acceptors (Lipinski definition) is 4. The second-order valence-electron chi connectivity index (χ2n) is 6.34. The zero-order valence-corrected chi connectivity index (χ0v) is 12.9. The zero-order valence-electron chi connectivity index (χ0n) is 12.1. The smallest absolute Gasteiger partial charge is 0.307 e. The lowest BCUT2D eigenvalue weighted by Crippen LogP contribution is -2.37. The van der Waals surface area contributed by atoms with E-state index < -0.39 is 16.1 Å². The van der Waals surface area contributed by atoms with Crippen molar-refractivity contribution in [2.75, 3.05) is 12.9 Å². The van der Waals surface area contributed by atoms with Gasteiger partial charge >= 0.3 is 5.97 Å². The summed E-state index contributed by atoms with van der Waals surface area (Å²) in [5.41, 5.74) is -0.374.